The van der Waals surface area contributed by atoms with Crippen LogP contribution in [0.3, 0.4) is 0 Å². The highest BCUT2D eigenvalue weighted by Gasteiger charge is 2.39. The Morgan fingerprint density at radius 1 is 0.467 bits per heavy atom. The summed E-state index contributed by atoms with van der Waals surface area (Å²) in [7, 11) is 3.10. The first-order valence-corrected chi connectivity index (χ1v) is 35.4. The van der Waals surface area contributed by atoms with E-state index in [1.165, 1.54) is 45.3 Å². The van der Waals surface area contributed by atoms with E-state index in [9.17, 15) is 19.2 Å². The third-order valence-corrected chi connectivity index (χ3v) is 18.6. The lowest BCUT2D eigenvalue weighted by Crippen LogP contribution is -2.53. The number of nitrogens with two attached hydrogens (primary N) is 1. The van der Waals surface area contributed by atoms with Gasteiger partial charge < -0.3 is 69.2 Å². The number of nitrogens with one attached hydrogen (secondary N) is 1. The van der Waals surface area contributed by atoms with Crippen LogP contribution in [-0.2, 0) is 62.8 Å². The van der Waals surface area contributed by atoms with E-state index >= 15 is 24.0 Å². The fraction of sp³-hybridized carbons (Fsp3) is 0.354. The number of hydrogen-bond acceptors (Lipinski definition) is 14. The summed E-state index contributed by atoms with van der Waals surface area (Å²) >= 11 is 0. The van der Waals surface area contributed by atoms with Crippen LogP contribution in [0, 0.1) is 5.92 Å². The van der Waals surface area contributed by atoms with Crippen molar-refractivity contribution >= 4 is 53.2 Å². The lowest BCUT2D eigenvalue weighted by molar-refractivity contribution is -0.150. The summed E-state index contributed by atoms with van der Waals surface area (Å²) in [6, 6.07) is 55.5. The van der Waals surface area contributed by atoms with E-state index in [-0.39, 0.29) is 77.0 Å². The van der Waals surface area contributed by atoms with E-state index < -0.39 is 105 Å². The number of benzene rings is 7. The second kappa shape index (κ2) is 38.3. The molecule has 0 bridgehead atoms. The molecule has 105 heavy (non-hydrogen) atoms. The van der Waals surface area contributed by atoms with Crippen LogP contribution < -0.4 is 30.0 Å². The Labute approximate surface area is 615 Å². The van der Waals surface area contributed by atoms with Gasteiger partial charge in [-0.05, 0) is 95.8 Å². The Bertz CT molecular complexity index is 4050. The number of hydrogen-bond donors (Lipinski definition) is 2. The zero-order valence-corrected chi connectivity index (χ0v) is 60.8. The molecular formula is C82H96N10O13. The third kappa shape index (κ3) is 22.3. The average molecular weight is 1430 g/mol. The van der Waals surface area contributed by atoms with Crippen molar-refractivity contribution in [2.75, 3.05) is 99.5 Å². The SMILES string of the molecule is C=CCN(CC(=O)N(CC(=O)N(CC(N)=O)Cc1ccccc1)CC(c1ccccc1)c1ccccc1)C(=O)CN(Cc1ccc2c(c1)OCO2)C(=O)CN(C(=O)CN(CC(C)C)C(=O)CN(C(=O)CN(C(=O)CNCc1ccc(OC)c(OC)c1)[C@@H](C)c1ccccc1)C1CC1)[C@H](C)c1ccccc1. The molecule has 9 amide bonds. The molecule has 23 heteroatoms. The van der Waals surface area contributed by atoms with E-state index in [1.54, 1.807) is 45.4 Å². The molecule has 1 aliphatic carbocycles. The molecule has 1 saturated carbocycles. The molecule has 7 aromatic carbocycles. The first-order chi connectivity index (χ1) is 50.7. The van der Waals surface area contributed by atoms with Crippen LogP contribution in [-0.4, -0.2) is 198 Å². The van der Waals surface area contributed by atoms with E-state index in [0.29, 0.717) is 53.5 Å². The van der Waals surface area contributed by atoms with Gasteiger partial charge >= 0.3 is 0 Å². The summed E-state index contributed by atoms with van der Waals surface area (Å²) < 4.78 is 22.3. The number of primary amides is 1. The molecule has 0 spiro atoms. The minimum absolute atomic E-state index is 0.0211. The molecule has 1 fully saturated rings. The van der Waals surface area contributed by atoms with Crippen LogP contribution in [0.5, 0.6) is 23.0 Å². The minimum Gasteiger partial charge on any atom is -0.493 e. The molecular weight excluding hydrogens is 1330 g/mol. The molecule has 0 unspecified atom stereocenters. The molecule has 2 atom stereocenters. The van der Waals surface area contributed by atoms with Crippen molar-refractivity contribution in [3.8, 4) is 23.0 Å². The fourth-order valence-corrected chi connectivity index (χ4v) is 12.8. The van der Waals surface area contributed by atoms with Crippen LogP contribution >= 0.6 is 0 Å². The number of amides is 9. The maximum atomic E-state index is 15.6. The Balaban J connectivity index is 0.969. The molecule has 1 aliphatic heterocycles. The van der Waals surface area contributed by atoms with Crippen molar-refractivity contribution in [3.05, 3.63) is 240 Å². The second-order valence-corrected chi connectivity index (χ2v) is 26.8. The molecule has 0 aromatic heterocycles. The quantitative estimate of drug-likeness (QED) is 0.0343. The molecule has 9 rings (SSSR count). The van der Waals surface area contributed by atoms with Crippen LogP contribution in [0.4, 0.5) is 0 Å². The molecule has 7 aromatic rings. The van der Waals surface area contributed by atoms with Gasteiger partial charge in [0.25, 0.3) is 0 Å². The summed E-state index contributed by atoms with van der Waals surface area (Å²) in [5.74, 6) is -3.81. The average Bonchev–Trinajstić information content (AvgIpc) is 1.81. The third-order valence-electron chi connectivity index (χ3n) is 18.6. The van der Waals surface area contributed by atoms with Crippen molar-refractivity contribution in [2.45, 2.75) is 84.2 Å². The van der Waals surface area contributed by atoms with Gasteiger partial charge in [-0.25, -0.2) is 0 Å². The fourth-order valence-electron chi connectivity index (χ4n) is 12.8. The topological polar surface area (TPSA) is 255 Å². The van der Waals surface area contributed by atoms with Crippen LogP contribution in [0.15, 0.2) is 201 Å². The molecule has 3 N–H and O–H groups in total. The maximum Gasteiger partial charge on any atom is 0.243 e. The van der Waals surface area contributed by atoms with Crippen molar-refractivity contribution in [2.24, 2.45) is 11.7 Å². The summed E-state index contributed by atoms with van der Waals surface area (Å²) in [6.07, 6.45) is 2.71. The van der Waals surface area contributed by atoms with Crippen molar-refractivity contribution in [1.29, 1.82) is 0 Å². The molecule has 1 heterocycles. The molecule has 2 aliphatic rings. The zero-order valence-electron chi connectivity index (χ0n) is 60.8. The van der Waals surface area contributed by atoms with Crippen molar-refractivity contribution < 1.29 is 62.1 Å². The highest BCUT2D eigenvalue weighted by atomic mass is 16.7. The largest absolute Gasteiger partial charge is 0.493 e. The number of rotatable bonds is 39. The molecule has 23 nitrogen and oxygen atoms in total. The minimum atomic E-state index is -0.777. The second-order valence-electron chi connectivity index (χ2n) is 26.8. The number of carbonyl (C=O) groups excluding carboxylic acids is 9. The van der Waals surface area contributed by atoms with Crippen molar-refractivity contribution in [1.82, 2.24) is 44.5 Å². The van der Waals surface area contributed by atoms with Gasteiger partial charge in [0.05, 0.1) is 52.5 Å². The van der Waals surface area contributed by atoms with Crippen LogP contribution in [0.1, 0.15) is 97.5 Å². The number of carbonyl (C=O) groups is 9. The number of fused-ring (bicyclic) bond motifs is 1. The van der Waals surface area contributed by atoms with Gasteiger partial charge in [0.2, 0.25) is 60.0 Å². The van der Waals surface area contributed by atoms with Crippen molar-refractivity contribution in [3.63, 3.8) is 0 Å². The summed E-state index contributed by atoms with van der Waals surface area (Å²) in [6.45, 7) is 7.36. The van der Waals surface area contributed by atoms with Gasteiger partial charge in [-0.15, -0.1) is 6.58 Å². The van der Waals surface area contributed by atoms with Gasteiger partial charge in [0.15, 0.2) is 23.0 Å². The van der Waals surface area contributed by atoms with Gasteiger partial charge in [-0.1, -0.05) is 184 Å². The first kappa shape index (κ1) is 77.8. The predicted molar refractivity (Wildman–Crippen MR) is 398 cm³/mol. The Hall–Kier alpha value is -11.3. The number of ether oxygens (including phenoxy) is 4. The van der Waals surface area contributed by atoms with Gasteiger partial charge in [-0.2, -0.15) is 0 Å². The standard InChI is InChI=1S/C82H96N10O13/c1-8-40-85(50-77(96)89(48-69(66-30-20-12-21-31-66)67-32-22-13-23-33-67)52-78(97)87(49-74(83)93)46-61-24-14-9-15-25-61)76(95)51-88(47-63-35-39-71-73(42-63)105-57-104-71)79(98)54-91(60(5)65-28-18-11-19-29-65)81(100)53-86(45-58(2)3)80(99)55-92(68-36-37-68)82(101)56-90(59(4)64-26-16-10-17-27-64)75(94)44-84-43-62-34-38-70(102-6)72(41-62)103-7/h8-35,38-39,41-42,58-60,68-69,84H,1,36-37,40,43-57H2,2-7H3,(H2,83,93)/t59-,60+/m0/s1. The molecule has 0 radical (unpaired) electrons. The van der Waals surface area contributed by atoms with E-state index in [1.807, 2.05) is 185 Å². The van der Waals surface area contributed by atoms with Gasteiger partial charge in [0.1, 0.15) is 32.7 Å². The highest BCUT2D eigenvalue weighted by Crippen LogP contribution is 2.34. The Kier molecular flexibility index (Phi) is 28.4. The predicted octanol–water partition coefficient (Wildman–Crippen LogP) is 8.40. The maximum absolute atomic E-state index is 15.6. The lowest BCUT2D eigenvalue weighted by Gasteiger charge is -2.35. The summed E-state index contributed by atoms with van der Waals surface area (Å²) in [5.41, 5.74) is 11.0. The van der Waals surface area contributed by atoms with Gasteiger partial charge in [0, 0.05) is 51.2 Å². The van der Waals surface area contributed by atoms with Crippen LogP contribution in [0.2, 0.25) is 0 Å². The lowest BCUT2D eigenvalue weighted by atomic mass is 9.90. The Morgan fingerprint density at radius 2 is 0.924 bits per heavy atom. The first-order valence-electron chi connectivity index (χ1n) is 35.4. The summed E-state index contributed by atoms with van der Waals surface area (Å²) in [5, 5.41) is 3.22. The smallest absolute Gasteiger partial charge is 0.243 e. The van der Waals surface area contributed by atoms with E-state index in [0.717, 1.165) is 27.8 Å². The molecule has 552 valence electrons. The number of methoxy groups -OCH3 is 2. The summed E-state index contributed by atoms with van der Waals surface area (Å²) in [4.78, 5) is 144. The molecule has 0 saturated heterocycles. The van der Waals surface area contributed by atoms with E-state index in [4.69, 9.17) is 24.7 Å². The Morgan fingerprint density at radius 3 is 1.49 bits per heavy atom. The highest BCUT2D eigenvalue weighted by molar-refractivity contribution is 5.94. The monoisotopic (exact) mass is 1430 g/mol. The van der Waals surface area contributed by atoms with Gasteiger partial charge in [-0.3, -0.25) is 43.2 Å². The number of nitrogens with zero attached hydrogens (tertiary/aromatic N) is 8. The zero-order chi connectivity index (χ0) is 74.9. The van der Waals surface area contributed by atoms with E-state index in [2.05, 4.69) is 11.9 Å². The van der Waals surface area contributed by atoms with Crippen LogP contribution in [0.25, 0.3) is 0 Å². The normalized spacial score (nSPS) is 12.6.